The van der Waals surface area contributed by atoms with Gasteiger partial charge in [-0.2, -0.15) is 0 Å². The van der Waals surface area contributed by atoms with Gasteiger partial charge < -0.3 is 15.2 Å². The van der Waals surface area contributed by atoms with Gasteiger partial charge in [-0.05, 0) is 36.6 Å². The van der Waals surface area contributed by atoms with E-state index in [4.69, 9.17) is 15.2 Å². The molecular weight excluding hydrogens is 230 g/mol. The van der Waals surface area contributed by atoms with Crippen LogP contribution in [0.5, 0.6) is 5.75 Å². The first-order valence-electron chi connectivity index (χ1n) is 6.38. The number of nitrogens with two attached hydrogens (primary N) is 1. The van der Waals surface area contributed by atoms with Gasteiger partial charge in [-0.25, -0.2) is 0 Å². The van der Waals surface area contributed by atoms with Gasteiger partial charge in [0, 0.05) is 5.69 Å². The van der Waals surface area contributed by atoms with Gasteiger partial charge >= 0.3 is 5.97 Å². The molecule has 98 valence electrons. The average molecular weight is 249 g/mol. The van der Waals surface area contributed by atoms with Crippen molar-refractivity contribution in [3.8, 4) is 5.75 Å². The average Bonchev–Trinajstić information content (AvgIpc) is 3.16. The van der Waals surface area contributed by atoms with Crippen molar-refractivity contribution in [2.75, 3.05) is 18.9 Å². The topological polar surface area (TPSA) is 61.5 Å². The van der Waals surface area contributed by atoms with Crippen LogP contribution in [0.15, 0.2) is 24.3 Å². The van der Waals surface area contributed by atoms with Crippen LogP contribution in [0, 0.1) is 5.92 Å². The summed E-state index contributed by atoms with van der Waals surface area (Å²) in [7, 11) is 0. The Labute approximate surface area is 107 Å². The Morgan fingerprint density at radius 3 is 2.61 bits per heavy atom. The summed E-state index contributed by atoms with van der Waals surface area (Å²) in [5.41, 5.74) is 6.25. The summed E-state index contributed by atoms with van der Waals surface area (Å²) >= 11 is 0. The van der Waals surface area contributed by atoms with E-state index in [9.17, 15) is 4.79 Å². The summed E-state index contributed by atoms with van der Waals surface area (Å²) < 4.78 is 10.5. The molecule has 1 aromatic carbocycles. The monoisotopic (exact) mass is 249 g/mol. The van der Waals surface area contributed by atoms with E-state index in [2.05, 4.69) is 0 Å². The number of anilines is 1. The van der Waals surface area contributed by atoms with Crippen molar-refractivity contribution in [2.24, 2.45) is 5.92 Å². The molecular formula is C14H19NO3. The van der Waals surface area contributed by atoms with E-state index < -0.39 is 0 Å². The highest BCUT2D eigenvalue weighted by Crippen LogP contribution is 2.32. The van der Waals surface area contributed by atoms with Crippen LogP contribution in [0.3, 0.4) is 0 Å². The Morgan fingerprint density at radius 1 is 1.22 bits per heavy atom. The first kappa shape index (κ1) is 12.7. The molecule has 4 nitrogen and oxygen atoms in total. The van der Waals surface area contributed by atoms with Crippen molar-refractivity contribution < 1.29 is 14.3 Å². The van der Waals surface area contributed by atoms with Gasteiger partial charge in [0.2, 0.25) is 0 Å². The van der Waals surface area contributed by atoms with Crippen molar-refractivity contribution in [1.82, 2.24) is 0 Å². The van der Waals surface area contributed by atoms with Crippen molar-refractivity contribution >= 4 is 11.7 Å². The fraction of sp³-hybridized carbons (Fsp3) is 0.500. The predicted octanol–water partition coefficient (Wildman–Crippen LogP) is 2.38. The number of nitrogen functional groups attached to an aromatic ring is 1. The molecule has 0 unspecified atom stereocenters. The second-order valence-electron chi connectivity index (χ2n) is 4.62. The highest BCUT2D eigenvalue weighted by atomic mass is 16.5. The summed E-state index contributed by atoms with van der Waals surface area (Å²) in [5, 5.41) is 0. The van der Waals surface area contributed by atoms with E-state index in [-0.39, 0.29) is 12.4 Å². The van der Waals surface area contributed by atoms with Crippen LogP contribution in [0.2, 0.25) is 0 Å². The number of ether oxygens (including phenoxy) is 2. The molecule has 0 bridgehead atoms. The standard InChI is InChI=1S/C14H19NO3/c15-12-3-5-13(6-4-12)17-10-8-14(16)18-9-7-11-1-2-11/h3-6,11H,1-2,7-10,15H2. The van der Waals surface area contributed by atoms with E-state index in [1.807, 2.05) is 0 Å². The Morgan fingerprint density at radius 2 is 1.94 bits per heavy atom. The van der Waals surface area contributed by atoms with Crippen molar-refractivity contribution in [3.05, 3.63) is 24.3 Å². The summed E-state index contributed by atoms with van der Waals surface area (Å²) in [4.78, 5) is 11.4. The third kappa shape index (κ3) is 4.65. The van der Waals surface area contributed by atoms with Gasteiger partial charge in [-0.1, -0.05) is 12.8 Å². The van der Waals surface area contributed by atoms with Crippen molar-refractivity contribution in [3.63, 3.8) is 0 Å². The third-order valence-electron chi connectivity index (χ3n) is 2.94. The lowest BCUT2D eigenvalue weighted by atomic mass is 10.3. The molecule has 2 rings (SSSR count). The Kier molecular flexibility index (Phi) is 4.45. The Hall–Kier alpha value is -1.71. The lowest BCUT2D eigenvalue weighted by molar-refractivity contribution is -0.144. The van der Waals surface area contributed by atoms with Crippen LogP contribution < -0.4 is 10.5 Å². The summed E-state index contributed by atoms with van der Waals surface area (Å²) in [6.45, 7) is 0.886. The number of carbonyl (C=O) groups excluding carboxylic acids is 1. The molecule has 18 heavy (non-hydrogen) atoms. The number of hydrogen-bond acceptors (Lipinski definition) is 4. The molecule has 1 aliphatic carbocycles. The van der Waals surface area contributed by atoms with Crippen LogP contribution in [-0.4, -0.2) is 19.2 Å². The predicted molar refractivity (Wildman–Crippen MR) is 69.3 cm³/mol. The highest BCUT2D eigenvalue weighted by molar-refractivity contribution is 5.69. The second kappa shape index (κ2) is 6.28. The molecule has 1 fully saturated rings. The van der Waals surface area contributed by atoms with E-state index in [0.29, 0.717) is 18.9 Å². The molecule has 0 aliphatic heterocycles. The second-order valence-corrected chi connectivity index (χ2v) is 4.62. The van der Waals surface area contributed by atoms with Gasteiger partial charge in [0.15, 0.2) is 0 Å². The number of benzene rings is 1. The van der Waals surface area contributed by atoms with Crippen LogP contribution in [0.4, 0.5) is 5.69 Å². The quantitative estimate of drug-likeness (QED) is 0.595. The lowest BCUT2D eigenvalue weighted by Gasteiger charge is -2.07. The van der Waals surface area contributed by atoms with Gasteiger partial charge in [0.25, 0.3) is 0 Å². The van der Waals surface area contributed by atoms with Gasteiger partial charge in [0.05, 0.1) is 19.6 Å². The van der Waals surface area contributed by atoms with Gasteiger partial charge in [-0.15, -0.1) is 0 Å². The Balaban J connectivity index is 1.56. The zero-order chi connectivity index (χ0) is 12.8. The third-order valence-corrected chi connectivity index (χ3v) is 2.94. The van der Waals surface area contributed by atoms with E-state index in [1.165, 1.54) is 12.8 Å². The zero-order valence-corrected chi connectivity index (χ0v) is 10.4. The molecule has 1 saturated carbocycles. The molecule has 0 amide bonds. The minimum atomic E-state index is -0.189. The molecule has 1 aromatic rings. The fourth-order valence-electron chi connectivity index (χ4n) is 1.63. The lowest BCUT2D eigenvalue weighted by Crippen LogP contribution is -2.11. The molecule has 0 spiro atoms. The molecule has 0 atom stereocenters. The molecule has 0 aromatic heterocycles. The van der Waals surface area contributed by atoms with Crippen molar-refractivity contribution in [2.45, 2.75) is 25.7 Å². The Bertz CT molecular complexity index is 385. The summed E-state index contributed by atoms with van der Waals surface area (Å²) in [5.74, 6) is 1.32. The molecule has 0 heterocycles. The molecule has 0 saturated heterocycles. The summed E-state index contributed by atoms with van der Waals surface area (Å²) in [6, 6.07) is 7.11. The molecule has 0 radical (unpaired) electrons. The van der Waals surface area contributed by atoms with Gasteiger partial charge in [-0.3, -0.25) is 4.79 Å². The largest absolute Gasteiger partial charge is 0.493 e. The zero-order valence-electron chi connectivity index (χ0n) is 10.4. The van der Waals surface area contributed by atoms with E-state index >= 15 is 0 Å². The van der Waals surface area contributed by atoms with Crippen LogP contribution in [0.1, 0.15) is 25.7 Å². The molecule has 2 N–H and O–H groups in total. The van der Waals surface area contributed by atoms with E-state index in [1.54, 1.807) is 24.3 Å². The van der Waals surface area contributed by atoms with Crippen LogP contribution >= 0.6 is 0 Å². The minimum Gasteiger partial charge on any atom is -0.493 e. The van der Waals surface area contributed by atoms with Crippen LogP contribution in [-0.2, 0) is 9.53 Å². The van der Waals surface area contributed by atoms with Crippen molar-refractivity contribution in [1.29, 1.82) is 0 Å². The SMILES string of the molecule is Nc1ccc(OCCC(=O)OCCC2CC2)cc1. The first-order valence-corrected chi connectivity index (χ1v) is 6.38. The first-order chi connectivity index (χ1) is 8.74. The summed E-state index contributed by atoms with van der Waals surface area (Å²) in [6.07, 6.45) is 3.87. The minimum absolute atomic E-state index is 0.189. The molecule has 4 heteroatoms. The van der Waals surface area contributed by atoms with E-state index in [0.717, 1.165) is 18.1 Å². The maximum atomic E-state index is 11.4. The smallest absolute Gasteiger partial charge is 0.309 e. The maximum absolute atomic E-state index is 11.4. The number of esters is 1. The number of rotatable bonds is 7. The highest BCUT2D eigenvalue weighted by Gasteiger charge is 2.21. The maximum Gasteiger partial charge on any atom is 0.309 e. The number of hydrogen-bond donors (Lipinski definition) is 1. The number of carbonyl (C=O) groups is 1. The normalized spacial score (nSPS) is 14.2. The van der Waals surface area contributed by atoms with Gasteiger partial charge in [0.1, 0.15) is 5.75 Å². The van der Waals surface area contributed by atoms with Crippen LogP contribution in [0.25, 0.3) is 0 Å². The fourth-order valence-corrected chi connectivity index (χ4v) is 1.63. The molecule has 1 aliphatic rings.